The molecule has 28 heavy (non-hydrogen) atoms. The summed E-state index contributed by atoms with van der Waals surface area (Å²) in [7, 11) is 0. The van der Waals surface area contributed by atoms with E-state index in [0.717, 1.165) is 30.8 Å². The van der Waals surface area contributed by atoms with E-state index in [9.17, 15) is 9.59 Å². The van der Waals surface area contributed by atoms with E-state index >= 15 is 0 Å². The van der Waals surface area contributed by atoms with Gasteiger partial charge in [-0.05, 0) is 50.8 Å². The Hall–Kier alpha value is -2.40. The van der Waals surface area contributed by atoms with Gasteiger partial charge in [0, 0.05) is 30.4 Å². The van der Waals surface area contributed by atoms with Crippen molar-refractivity contribution < 1.29 is 9.59 Å². The van der Waals surface area contributed by atoms with Crippen LogP contribution in [0.2, 0.25) is 0 Å². The van der Waals surface area contributed by atoms with E-state index in [2.05, 4.69) is 39.5 Å². The Morgan fingerprint density at radius 1 is 1.21 bits per heavy atom. The first-order chi connectivity index (χ1) is 13.5. The van der Waals surface area contributed by atoms with Crippen molar-refractivity contribution in [3.8, 4) is 0 Å². The second-order valence-electron chi connectivity index (χ2n) is 7.70. The van der Waals surface area contributed by atoms with Crippen LogP contribution in [-0.2, 0) is 13.0 Å². The number of amides is 1. The second-order valence-corrected chi connectivity index (χ2v) is 7.70. The van der Waals surface area contributed by atoms with Gasteiger partial charge in [0.25, 0.3) is 5.91 Å². The van der Waals surface area contributed by atoms with Crippen molar-refractivity contribution in [2.75, 3.05) is 13.1 Å². The predicted molar refractivity (Wildman–Crippen MR) is 112 cm³/mol. The minimum atomic E-state index is -0.113. The average molecular weight is 382 g/mol. The summed E-state index contributed by atoms with van der Waals surface area (Å²) in [5.41, 5.74) is 4.11. The molecule has 150 valence electrons. The Bertz CT molecular complexity index is 826. The third-order valence-corrected chi connectivity index (χ3v) is 5.70. The van der Waals surface area contributed by atoms with Crippen LogP contribution in [0.25, 0.3) is 0 Å². The number of likely N-dealkylation sites (tertiary alicyclic amines) is 1. The van der Waals surface area contributed by atoms with Gasteiger partial charge < -0.3 is 10.3 Å². The lowest BCUT2D eigenvalue weighted by molar-refractivity contribution is 0.0902. The SMILES string of the molecule is CCc1c(C(=O)NCC2CCCCN2Cc2ccccc2)[nH]c(C)c1C(C)=O. The van der Waals surface area contributed by atoms with Gasteiger partial charge >= 0.3 is 0 Å². The molecule has 0 radical (unpaired) electrons. The molecule has 1 unspecified atom stereocenters. The van der Waals surface area contributed by atoms with Gasteiger partial charge in [-0.2, -0.15) is 0 Å². The van der Waals surface area contributed by atoms with Crippen LogP contribution < -0.4 is 5.32 Å². The summed E-state index contributed by atoms with van der Waals surface area (Å²) in [6, 6.07) is 10.8. The fourth-order valence-corrected chi connectivity index (χ4v) is 4.32. The molecular formula is C23H31N3O2. The number of nitrogens with one attached hydrogen (secondary N) is 2. The van der Waals surface area contributed by atoms with E-state index in [1.807, 2.05) is 19.9 Å². The highest BCUT2D eigenvalue weighted by Gasteiger charge is 2.25. The molecule has 1 aromatic heterocycles. The van der Waals surface area contributed by atoms with Gasteiger partial charge in [-0.3, -0.25) is 14.5 Å². The molecule has 0 bridgehead atoms. The van der Waals surface area contributed by atoms with Crippen LogP contribution in [0.4, 0.5) is 0 Å². The van der Waals surface area contributed by atoms with Crippen LogP contribution in [0, 0.1) is 6.92 Å². The molecule has 0 spiro atoms. The number of H-pyrrole nitrogens is 1. The number of hydrogen-bond donors (Lipinski definition) is 2. The first-order valence-electron chi connectivity index (χ1n) is 10.3. The van der Waals surface area contributed by atoms with E-state index in [-0.39, 0.29) is 11.7 Å². The van der Waals surface area contributed by atoms with Crippen molar-refractivity contribution in [1.82, 2.24) is 15.2 Å². The molecule has 1 aliphatic rings. The van der Waals surface area contributed by atoms with Gasteiger partial charge in [0.15, 0.2) is 5.78 Å². The Labute approximate surface area is 167 Å². The molecular weight excluding hydrogens is 350 g/mol. The van der Waals surface area contributed by atoms with Gasteiger partial charge in [0.05, 0.1) is 0 Å². The number of rotatable bonds is 7. The van der Waals surface area contributed by atoms with Gasteiger partial charge in [-0.15, -0.1) is 0 Å². The maximum absolute atomic E-state index is 12.8. The Kier molecular flexibility index (Phi) is 6.68. The zero-order valence-electron chi connectivity index (χ0n) is 17.2. The fraction of sp³-hybridized carbons (Fsp3) is 0.478. The number of nitrogens with zero attached hydrogens (tertiary/aromatic N) is 1. The van der Waals surface area contributed by atoms with Gasteiger partial charge in [-0.25, -0.2) is 0 Å². The molecule has 5 heteroatoms. The molecule has 0 aliphatic carbocycles. The third-order valence-electron chi connectivity index (χ3n) is 5.70. The highest BCUT2D eigenvalue weighted by Crippen LogP contribution is 2.22. The number of hydrogen-bond acceptors (Lipinski definition) is 3. The van der Waals surface area contributed by atoms with Gasteiger partial charge in [0.2, 0.25) is 0 Å². The van der Waals surface area contributed by atoms with E-state index in [1.165, 1.54) is 18.4 Å². The largest absolute Gasteiger partial charge is 0.354 e. The van der Waals surface area contributed by atoms with Crippen molar-refractivity contribution in [3.05, 3.63) is 58.4 Å². The molecule has 2 aromatic rings. The number of benzene rings is 1. The first-order valence-corrected chi connectivity index (χ1v) is 10.3. The number of piperidine rings is 1. The zero-order chi connectivity index (χ0) is 20.1. The normalized spacial score (nSPS) is 17.5. The topological polar surface area (TPSA) is 65.2 Å². The first kappa shape index (κ1) is 20.3. The second kappa shape index (κ2) is 9.20. The maximum Gasteiger partial charge on any atom is 0.268 e. The van der Waals surface area contributed by atoms with Gasteiger partial charge in [0.1, 0.15) is 5.69 Å². The minimum Gasteiger partial charge on any atom is -0.354 e. The number of aryl methyl sites for hydroxylation is 1. The Morgan fingerprint density at radius 2 is 1.96 bits per heavy atom. The molecule has 1 fully saturated rings. The van der Waals surface area contributed by atoms with E-state index in [0.29, 0.717) is 30.3 Å². The molecule has 2 heterocycles. The highest BCUT2D eigenvalue weighted by atomic mass is 16.2. The molecule has 1 aromatic carbocycles. The van der Waals surface area contributed by atoms with E-state index in [4.69, 9.17) is 0 Å². The van der Waals surface area contributed by atoms with Crippen molar-refractivity contribution >= 4 is 11.7 Å². The molecule has 1 amide bonds. The number of carbonyl (C=O) groups excluding carboxylic acids is 2. The summed E-state index contributed by atoms with van der Waals surface area (Å²) in [6.45, 7) is 8.00. The lowest BCUT2D eigenvalue weighted by atomic mass is 10.0. The Morgan fingerprint density at radius 3 is 2.64 bits per heavy atom. The number of carbonyl (C=O) groups is 2. The number of aromatic amines is 1. The summed E-state index contributed by atoms with van der Waals surface area (Å²) in [5, 5.41) is 3.12. The van der Waals surface area contributed by atoms with Crippen molar-refractivity contribution in [2.24, 2.45) is 0 Å². The van der Waals surface area contributed by atoms with Crippen molar-refractivity contribution in [3.63, 3.8) is 0 Å². The van der Waals surface area contributed by atoms with E-state index < -0.39 is 0 Å². The number of aromatic nitrogens is 1. The van der Waals surface area contributed by atoms with Crippen LogP contribution in [0.5, 0.6) is 0 Å². The van der Waals surface area contributed by atoms with Crippen molar-refractivity contribution in [1.29, 1.82) is 0 Å². The van der Waals surface area contributed by atoms with Crippen LogP contribution in [0.3, 0.4) is 0 Å². The predicted octanol–water partition coefficient (Wildman–Crippen LogP) is 3.87. The van der Waals surface area contributed by atoms with Crippen LogP contribution in [-0.4, -0.2) is 40.7 Å². The van der Waals surface area contributed by atoms with E-state index in [1.54, 1.807) is 6.92 Å². The smallest absolute Gasteiger partial charge is 0.268 e. The summed E-state index contributed by atoms with van der Waals surface area (Å²) < 4.78 is 0. The summed E-state index contributed by atoms with van der Waals surface area (Å²) in [6.07, 6.45) is 4.15. The lowest BCUT2D eigenvalue weighted by Crippen LogP contribution is -2.46. The molecule has 2 N–H and O–H groups in total. The van der Waals surface area contributed by atoms with Crippen LogP contribution in [0.15, 0.2) is 30.3 Å². The number of Topliss-reactive ketones (excluding diaryl/α,β-unsaturated/α-hetero) is 1. The molecule has 1 aliphatic heterocycles. The number of ketones is 1. The third kappa shape index (κ3) is 4.53. The minimum absolute atomic E-state index is 0.00552. The fourth-order valence-electron chi connectivity index (χ4n) is 4.32. The zero-order valence-corrected chi connectivity index (χ0v) is 17.2. The van der Waals surface area contributed by atoms with Crippen LogP contribution in [0.1, 0.15) is 70.8 Å². The average Bonchev–Trinajstić information content (AvgIpc) is 3.04. The van der Waals surface area contributed by atoms with Crippen LogP contribution >= 0.6 is 0 Å². The summed E-state index contributed by atoms with van der Waals surface area (Å²) in [5.74, 6) is -0.108. The lowest BCUT2D eigenvalue weighted by Gasteiger charge is -2.35. The van der Waals surface area contributed by atoms with Crippen molar-refractivity contribution in [2.45, 2.75) is 59.0 Å². The summed E-state index contributed by atoms with van der Waals surface area (Å²) >= 11 is 0. The monoisotopic (exact) mass is 381 g/mol. The quantitative estimate of drug-likeness (QED) is 0.716. The molecule has 5 nitrogen and oxygen atoms in total. The molecule has 1 saturated heterocycles. The molecule has 3 rings (SSSR count). The maximum atomic E-state index is 12.8. The summed E-state index contributed by atoms with van der Waals surface area (Å²) in [4.78, 5) is 30.4. The van der Waals surface area contributed by atoms with Gasteiger partial charge in [-0.1, -0.05) is 43.7 Å². The standard InChI is InChI=1S/C23H31N3O2/c1-4-20-21(17(3)27)16(2)25-22(20)23(28)24-14-19-12-8-9-13-26(19)15-18-10-6-5-7-11-18/h5-7,10-11,19,25H,4,8-9,12-15H2,1-3H3,(H,24,28). The molecule has 1 atom stereocenters. The Balaban J connectivity index is 1.67. The molecule has 0 saturated carbocycles. The highest BCUT2D eigenvalue weighted by molar-refractivity contribution is 6.02.